The van der Waals surface area contributed by atoms with Crippen molar-refractivity contribution in [3.8, 4) is 0 Å². The first-order chi connectivity index (χ1) is 8.88. The molecule has 1 N–H and O–H groups in total. The van der Waals surface area contributed by atoms with Crippen molar-refractivity contribution in [3.05, 3.63) is 57.8 Å². The summed E-state index contributed by atoms with van der Waals surface area (Å²) >= 11 is 1.80. The molecule has 0 fully saturated rings. The summed E-state index contributed by atoms with van der Waals surface area (Å²) in [4.78, 5) is 0. The summed E-state index contributed by atoms with van der Waals surface area (Å²) in [5, 5.41) is 8.14. The molecule has 1 aliphatic carbocycles. The monoisotopic (exact) mass is 257 g/mol. The summed E-state index contributed by atoms with van der Waals surface area (Å²) in [5.41, 5.74) is 4.54. The van der Waals surface area contributed by atoms with E-state index in [4.69, 9.17) is 0 Å². The maximum Gasteiger partial charge on any atom is 0.0363 e. The fourth-order valence-electron chi connectivity index (χ4n) is 3.06. The van der Waals surface area contributed by atoms with Gasteiger partial charge in [0.1, 0.15) is 0 Å². The van der Waals surface area contributed by atoms with Crippen molar-refractivity contribution in [2.45, 2.75) is 25.8 Å². The van der Waals surface area contributed by atoms with Gasteiger partial charge in [-0.15, -0.1) is 0 Å². The molecule has 1 heterocycles. The molecule has 94 valence electrons. The predicted octanol–water partition coefficient (Wildman–Crippen LogP) is 3.81. The van der Waals surface area contributed by atoms with E-state index in [-0.39, 0.29) is 0 Å². The fraction of sp³-hybridized carbons (Fsp3) is 0.375. The Balaban J connectivity index is 1.82. The van der Waals surface area contributed by atoms with E-state index in [1.54, 1.807) is 22.5 Å². The average Bonchev–Trinajstić information content (AvgIpc) is 3.04. The molecule has 0 amide bonds. The molecule has 1 unspecified atom stereocenters. The largest absolute Gasteiger partial charge is 0.310 e. The SMILES string of the molecule is CCNC(c1ccsc1)C1Cc2ccccc2C1. The second kappa shape index (κ2) is 5.25. The molecule has 1 aliphatic rings. The van der Waals surface area contributed by atoms with E-state index in [0.29, 0.717) is 12.0 Å². The van der Waals surface area contributed by atoms with Crippen LogP contribution in [-0.4, -0.2) is 6.54 Å². The van der Waals surface area contributed by atoms with Crippen molar-refractivity contribution in [1.29, 1.82) is 0 Å². The minimum absolute atomic E-state index is 0.508. The lowest BCUT2D eigenvalue weighted by Crippen LogP contribution is -2.28. The van der Waals surface area contributed by atoms with Crippen LogP contribution in [0.1, 0.15) is 29.7 Å². The molecule has 0 bridgehead atoms. The van der Waals surface area contributed by atoms with E-state index in [0.717, 1.165) is 6.54 Å². The van der Waals surface area contributed by atoms with E-state index in [9.17, 15) is 0 Å². The number of benzene rings is 1. The van der Waals surface area contributed by atoms with Gasteiger partial charge in [-0.2, -0.15) is 11.3 Å². The summed E-state index contributed by atoms with van der Waals surface area (Å²) in [6.07, 6.45) is 2.42. The van der Waals surface area contributed by atoms with Crippen LogP contribution in [-0.2, 0) is 12.8 Å². The van der Waals surface area contributed by atoms with Crippen molar-refractivity contribution in [3.63, 3.8) is 0 Å². The molecule has 0 spiro atoms. The van der Waals surface area contributed by atoms with Gasteiger partial charge in [-0.25, -0.2) is 0 Å². The van der Waals surface area contributed by atoms with Gasteiger partial charge in [0.2, 0.25) is 0 Å². The number of fused-ring (bicyclic) bond motifs is 1. The van der Waals surface area contributed by atoms with E-state index in [1.807, 2.05) is 0 Å². The Hall–Kier alpha value is -1.12. The molecule has 0 radical (unpaired) electrons. The van der Waals surface area contributed by atoms with Crippen molar-refractivity contribution in [1.82, 2.24) is 5.32 Å². The van der Waals surface area contributed by atoms with Gasteiger partial charge in [-0.1, -0.05) is 31.2 Å². The van der Waals surface area contributed by atoms with Crippen LogP contribution >= 0.6 is 11.3 Å². The molecule has 0 aliphatic heterocycles. The topological polar surface area (TPSA) is 12.0 Å². The first kappa shape index (κ1) is 11.9. The summed E-state index contributed by atoms with van der Waals surface area (Å²) in [6.45, 7) is 3.23. The Morgan fingerprint density at radius 3 is 2.50 bits per heavy atom. The maximum atomic E-state index is 3.67. The standard InChI is InChI=1S/C16H19NS/c1-2-17-16(14-7-8-18-11-14)15-9-12-5-3-4-6-13(12)10-15/h3-8,11,15-17H,2,9-10H2,1H3. The van der Waals surface area contributed by atoms with Crippen molar-refractivity contribution >= 4 is 11.3 Å². The van der Waals surface area contributed by atoms with Crippen LogP contribution in [0.3, 0.4) is 0 Å². The van der Waals surface area contributed by atoms with Gasteiger partial charge in [0.25, 0.3) is 0 Å². The Morgan fingerprint density at radius 1 is 1.22 bits per heavy atom. The normalized spacial score (nSPS) is 16.7. The van der Waals surface area contributed by atoms with Crippen LogP contribution in [0.5, 0.6) is 0 Å². The quantitative estimate of drug-likeness (QED) is 0.878. The Morgan fingerprint density at radius 2 is 1.94 bits per heavy atom. The molecule has 1 atom stereocenters. The van der Waals surface area contributed by atoms with Crippen LogP contribution < -0.4 is 5.32 Å². The molecule has 0 saturated carbocycles. The predicted molar refractivity (Wildman–Crippen MR) is 78.1 cm³/mol. The average molecular weight is 257 g/mol. The van der Waals surface area contributed by atoms with Crippen LogP contribution in [0.25, 0.3) is 0 Å². The third kappa shape index (κ3) is 2.23. The highest BCUT2D eigenvalue weighted by Crippen LogP contribution is 2.35. The number of nitrogens with one attached hydrogen (secondary N) is 1. The maximum absolute atomic E-state index is 3.67. The van der Waals surface area contributed by atoms with Crippen LogP contribution in [0.4, 0.5) is 0 Å². The molecule has 3 rings (SSSR count). The van der Waals surface area contributed by atoms with Gasteiger partial charge in [-0.05, 0) is 58.8 Å². The highest BCUT2D eigenvalue weighted by Gasteiger charge is 2.29. The van der Waals surface area contributed by atoms with Crippen molar-refractivity contribution in [2.24, 2.45) is 5.92 Å². The molecule has 2 heteroatoms. The van der Waals surface area contributed by atoms with Crippen LogP contribution in [0, 0.1) is 5.92 Å². The molecule has 1 aromatic heterocycles. The second-order valence-electron chi connectivity index (χ2n) is 5.03. The summed E-state index contributed by atoms with van der Waals surface area (Å²) < 4.78 is 0. The smallest absolute Gasteiger partial charge is 0.0363 e. The fourth-order valence-corrected chi connectivity index (χ4v) is 3.75. The van der Waals surface area contributed by atoms with Gasteiger partial charge in [0.05, 0.1) is 0 Å². The Kier molecular flexibility index (Phi) is 3.48. The highest BCUT2D eigenvalue weighted by molar-refractivity contribution is 7.07. The van der Waals surface area contributed by atoms with Gasteiger partial charge in [-0.3, -0.25) is 0 Å². The number of thiophene rings is 1. The minimum Gasteiger partial charge on any atom is -0.310 e. The molecule has 2 aromatic rings. The van der Waals surface area contributed by atoms with E-state index < -0.39 is 0 Å². The summed E-state index contributed by atoms with van der Waals surface area (Å²) in [7, 11) is 0. The Bertz CT molecular complexity index is 479. The van der Waals surface area contributed by atoms with Crippen LogP contribution in [0.15, 0.2) is 41.1 Å². The summed E-state index contributed by atoms with van der Waals surface area (Å²) in [6, 6.07) is 11.7. The molecular weight excluding hydrogens is 238 g/mol. The van der Waals surface area contributed by atoms with E-state index >= 15 is 0 Å². The van der Waals surface area contributed by atoms with Gasteiger partial charge < -0.3 is 5.32 Å². The first-order valence-electron chi connectivity index (χ1n) is 6.70. The van der Waals surface area contributed by atoms with Crippen molar-refractivity contribution in [2.75, 3.05) is 6.54 Å². The third-order valence-electron chi connectivity index (χ3n) is 3.88. The number of hydrogen-bond acceptors (Lipinski definition) is 2. The second-order valence-corrected chi connectivity index (χ2v) is 5.81. The summed E-state index contributed by atoms with van der Waals surface area (Å²) in [5.74, 6) is 0.706. The minimum atomic E-state index is 0.508. The zero-order valence-electron chi connectivity index (χ0n) is 10.7. The van der Waals surface area contributed by atoms with E-state index in [2.05, 4.69) is 53.3 Å². The van der Waals surface area contributed by atoms with Gasteiger partial charge >= 0.3 is 0 Å². The van der Waals surface area contributed by atoms with Crippen LogP contribution in [0.2, 0.25) is 0 Å². The zero-order chi connectivity index (χ0) is 12.4. The van der Waals surface area contributed by atoms with E-state index in [1.165, 1.54) is 18.4 Å². The highest BCUT2D eigenvalue weighted by atomic mass is 32.1. The molecular formula is C16H19NS. The lowest BCUT2D eigenvalue weighted by atomic mass is 9.92. The third-order valence-corrected chi connectivity index (χ3v) is 4.58. The molecule has 1 nitrogen and oxygen atoms in total. The first-order valence-corrected chi connectivity index (χ1v) is 7.65. The van der Waals surface area contributed by atoms with Gasteiger partial charge in [0, 0.05) is 6.04 Å². The lowest BCUT2D eigenvalue weighted by Gasteiger charge is -2.23. The van der Waals surface area contributed by atoms with Gasteiger partial charge in [0.15, 0.2) is 0 Å². The molecule has 1 aromatic carbocycles. The number of hydrogen-bond donors (Lipinski definition) is 1. The Labute approximate surface area is 113 Å². The number of rotatable bonds is 4. The van der Waals surface area contributed by atoms with Crippen molar-refractivity contribution < 1.29 is 0 Å². The lowest BCUT2D eigenvalue weighted by molar-refractivity contribution is 0.381. The molecule has 0 saturated heterocycles. The zero-order valence-corrected chi connectivity index (χ0v) is 11.5. The molecule has 18 heavy (non-hydrogen) atoms.